The highest BCUT2D eigenvalue weighted by atomic mass is 16.5. The van der Waals surface area contributed by atoms with Gasteiger partial charge < -0.3 is 24.4 Å². The molecule has 0 spiro atoms. The predicted molar refractivity (Wildman–Crippen MR) is 133 cm³/mol. The van der Waals surface area contributed by atoms with Crippen molar-refractivity contribution in [1.29, 1.82) is 0 Å². The quantitative estimate of drug-likeness (QED) is 0.535. The zero-order valence-electron chi connectivity index (χ0n) is 20.1. The fourth-order valence-corrected chi connectivity index (χ4v) is 6.57. The Balaban J connectivity index is 1.30. The summed E-state index contributed by atoms with van der Waals surface area (Å²) in [5.41, 5.74) is 5.82. The summed E-state index contributed by atoms with van der Waals surface area (Å²) in [6.45, 7) is 3.53. The Labute approximate surface area is 198 Å². The summed E-state index contributed by atoms with van der Waals surface area (Å²) in [4.78, 5) is 2.64. The lowest BCUT2D eigenvalue weighted by molar-refractivity contribution is 0.00290. The molecule has 178 valence electrons. The average molecular weight is 451 g/mol. The first kappa shape index (κ1) is 22.7. The summed E-state index contributed by atoms with van der Waals surface area (Å²) in [5.74, 6) is 1.67. The van der Waals surface area contributed by atoms with E-state index in [1.807, 2.05) is 12.1 Å². The molecule has 0 unspecified atom stereocenters. The van der Waals surface area contributed by atoms with Crippen molar-refractivity contribution >= 4 is 11.4 Å². The van der Waals surface area contributed by atoms with E-state index >= 15 is 0 Å². The Bertz CT molecular complexity index is 948. The van der Waals surface area contributed by atoms with Gasteiger partial charge in [-0.3, -0.25) is 0 Å². The van der Waals surface area contributed by atoms with Crippen molar-refractivity contribution < 1.29 is 14.2 Å². The molecule has 33 heavy (non-hydrogen) atoms. The van der Waals surface area contributed by atoms with Crippen LogP contribution in [0.1, 0.15) is 43.2 Å². The van der Waals surface area contributed by atoms with Crippen molar-refractivity contribution in [2.75, 3.05) is 52.4 Å². The molecule has 1 heterocycles. The van der Waals surface area contributed by atoms with Crippen LogP contribution < -0.4 is 10.1 Å². The molecule has 5 heteroatoms. The normalized spacial score (nSPS) is 26.4. The maximum Gasteiger partial charge on any atom is 0.121 e. The maximum absolute atomic E-state index is 5.88. The molecule has 1 N–H and O–H groups in total. The van der Waals surface area contributed by atoms with Crippen LogP contribution >= 0.6 is 0 Å². The van der Waals surface area contributed by atoms with Crippen LogP contribution in [0.2, 0.25) is 0 Å². The van der Waals surface area contributed by atoms with E-state index in [1.54, 1.807) is 18.2 Å². The second kappa shape index (κ2) is 10.0. The molecule has 3 atom stereocenters. The summed E-state index contributed by atoms with van der Waals surface area (Å²) in [6.07, 6.45) is 8.02. The first-order chi connectivity index (χ1) is 16.2. The third-order valence-corrected chi connectivity index (χ3v) is 8.17. The van der Waals surface area contributed by atoms with Gasteiger partial charge in [0.05, 0.1) is 19.8 Å². The average Bonchev–Trinajstić information content (AvgIpc) is 2.84. The van der Waals surface area contributed by atoms with Crippen LogP contribution in [0.4, 0.5) is 11.4 Å². The standard InChI is InChI=1S/C28H38N2O3/c1-30-13-12-28-11-4-3-8-25(28)27(30)18-21-9-10-23(20-26(21)28)29-22-6-5-7-24(19-22)33-17-16-32-15-14-31-2/h5-7,9-10,19-20,25,27,29H,3-4,8,11-18H2,1-2H3/t25-,27+,28+/m0/s1. The third-order valence-electron chi connectivity index (χ3n) is 8.17. The van der Waals surface area contributed by atoms with Gasteiger partial charge in [-0.05, 0) is 80.6 Å². The number of nitrogens with zero attached hydrogens (tertiary/aromatic N) is 1. The van der Waals surface area contributed by atoms with Crippen LogP contribution in [-0.2, 0) is 21.3 Å². The van der Waals surface area contributed by atoms with Crippen LogP contribution in [0.5, 0.6) is 5.75 Å². The number of hydrogen-bond donors (Lipinski definition) is 1. The van der Waals surface area contributed by atoms with Crippen molar-refractivity contribution in [2.45, 2.75) is 50.0 Å². The van der Waals surface area contributed by atoms with Gasteiger partial charge in [-0.1, -0.05) is 25.0 Å². The molecule has 0 aromatic heterocycles. The van der Waals surface area contributed by atoms with Gasteiger partial charge in [0.15, 0.2) is 0 Å². The Morgan fingerprint density at radius 1 is 1.00 bits per heavy atom. The lowest BCUT2D eigenvalue weighted by Crippen LogP contribution is -2.59. The molecule has 1 saturated heterocycles. The number of rotatable bonds is 9. The zero-order valence-corrected chi connectivity index (χ0v) is 20.1. The number of ether oxygens (including phenoxy) is 3. The minimum Gasteiger partial charge on any atom is -0.491 e. The number of anilines is 2. The number of piperidine rings is 1. The van der Waals surface area contributed by atoms with Crippen molar-refractivity contribution in [2.24, 2.45) is 5.92 Å². The van der Waals surface area contributed by atoms with E-state index in [9.17, 15) is 0 Å². The first-order valence-electron chi connectivity index (χ1n) is 12.6. The van der Waals surface area contributed by atoms with E-state index in [1.165, 1.54) is 50.8 Å². The van der Waals surface area contributed by atoms with Gasteiger partial charge in [-0.15, -0.1) is 0 Å². The Morgan fingerprint density at radius 2 is 1.88 bits per heavy atom. The van der Waals surface area contributed by atoms with Gasteiger partial charge in [0.2, 0.25) is 0 Å². The molecule has 5 nitrogen and oxygen atoms in total. The number of likely N-dealkylation sites (N-methyl/N-ethyl adjacent to an activating group) is 1. The SMILES string of the molecule is COCCOCCOc1cccc(Nc2ccc3c(c2)[C@@]24CCCC[C@H]2[C@@H](C3)N(C)CC4)c1. The van der Waals surface area contributed by atoms with Crippen LogP contribution in [0.25, 0.3) is 0 Å². The molecule has 3 aliphatic rings. The molecule has 2 fully saturated rings. The molecule has 1 aliphatic heterocycles. The largest absolute Gasteiger partial charge is 0.491 e. The van der Waals surface area contributed by atoms with Crippen molar-refractivity contribution in [3.05, 3.63) is 53.6 Å². The highest BCUT2D eigenvalue weighted by Crippen LogP contribution is 2.55. The molecule has 2 aliphatic carbocycles. The van der Waals surface area contributed by atoms with Crippen molar-refractivity contribution in [1.82, 2.24) is 4.90 Å². The number of fused-ring (bicyclic) bond motifs is 1. The number of nitrogens with one attached hydrogen (secondary N) is 1. The van der Waals surface area contributed by atoms with Gasteiger partial charge >= 0.3 is 0 Å². The number of likely N-dealkylation sites (tertiary alicyclic amines) is 1. The van der Waals surface area contributed by atoms with E-state index in [0.717, 1.165) is 23.4 Å². The van der Waals surface area contributed by atoms with E-state index in [0.29, 0.717) is 31.8 Å². The molecular formula is C28H38N2O3. The van der Waals surface area contributed by atoms with E-state index < -0.39 is 0 Å². The minimum absolute atomic E-state index is 0.383. The Morgan fingerprint density at radius 3 is 2.79 bits per heavy atom. The smallest absolute Gasteiger partial charge is 0.121 e. The monoisotopic (exact) mass is 450 g/mol. The van der Waals surface area contributed by atoms with Gasteiger partial charge in [-0.2, -0.15) is 0 Å². The Hall–Kier alpha value is -2.08. The van der Waals surface area contributed by atoms with Crippen molar-refractivity contribution in [3.8, 4) is 5.75 Å². The van der Waals surface area contributed by atoms with Crippen molar-refractivity contribution in [3.63, 3.8) is 0 Å². The van der Waals surface area contributed by atoms with Crippen LogP contribution in [0.3, 0.4) is 0 Å². The van der Waals surface area contributed by atoms with Gasteiger partial charge in [0.1, 0.15) is 12.4 Å². The van der Waals surface area contributed by atoms with Crippen LogP contribution in [-0.4, -0.2) is 58.1 Å². The molecule has 2 bridgehead atoms. The predicted octanol–water partition coefficient (Wildman–Crippen LogP) is 5.16. The van der Waals surface area contributed by atoms with Crippen LogP contribution in [0, 0.1) is 5.92 Å². The molecule has 0 radical (unpaired) electrons. The molecule has 1 saturated carbocycles. The summed E-state index contributed by atoms with van der Waals surface area (Å²) in [5, 5.41) is 3.65. The summed E-state index contributed by atoms with van der Waals surface area (Å²) in [6, 6.07) is 16.0. The lowest BCUT2D eigenvalue weighted by Gasteiger charge is -2.58. The lowest BCUT2D eigenvalue weighted by atomic mass is 9.52. The van der Waals surface area contributed by atoms with E-state index in [-0.39, 0.29) is 0 Å². The zero-order chi connectivity index (χ0) is 22.7. The van der Waals surface area contributed by atoms with Gasteiger partial charge in [-0.25, -0.2) is 0 Å². The second-order valence-corrected chi connectivity index (χ2v) is 9.99. The van der Waals surface area contributed by atoms with Gasteiger partial charge in [0.25, 0.3) is 0 Å². The molecular weight excluding hydrogens is 412 g/mol. The molecule has 2 aromatic carbocycles. The highest BCUT2D eigenvalue weighted by Gasteiger charge is 2.52. The first-order valence-corrected chi connectivity index (χ1v) is 12.6. The van der Waals surface area contributed by atoms with E-state index in [4.69, 9.17) is 14.2 Å². The number of methoxy groups -OCH3 is 1. The summed E-state index contributed by atoms with van der Waals surface area (Å²) < 4.78 is 16.4. The van der Waals surface area contributed by atoms with E-state index in [2.05, 4.69) is 47.6 Å². The fourth-order valence-electron chi connectivity index (χ4n) is 6.57. The Kier molecular flexibility index (Phi) is 6.91. The fraction of sp³-hybridized carbons (Fsp3) is 0.571. The topological polar surface area (TPSA) is 43.0 Å². The minimum atomic E-state index is 0.383. The maximum atomic E-state index is 5.88. The second-order valence-electron chi connectivity index (χ2n) is 9.99. The molecule has 0 amide bonds. The van der Waals surface area contributed by atoms with Gasteiger partial charge in [0, 0.05) is 36.0 Å². The highest BCUT2D eigenvalue weighted by molar-refractivity contribution is 5.64. The molecule has 5 rings (SSSR count). The van der Waals surface area contributed by atoms with Crippen LogP contribution in [0.15, 0.2) is 42.5 Å². The molecule has 2 aromatic rings. The third kappa shape index (κ3) is 4.64. The number of hydrogen-bond acceptors (Lipinski definition) is 5. The summed E-state index contributed by atoms with van der Waals surface area (Å²) in [7, 11) is 4.02. The summed E-state index contributed by atoms with van der Waals surface area (Å²) >= 11 is 0. The number of benzene rings is 2.